The van der Waals surface area contributed by atoms with Gasteiger partial charge in [0.05, 0.1) is 11.6 Å². The summed E-state index contributed by atoms with van der Waals surface area (Å²) in [5.41, 5.74) is 0.655. The van der Waals surface area contributed by atoms with Crippen molar-refractivity contribution in [3.8, 4) is 0 Å². The van der Waals surface area contributed by atoms with Crippen LogP contribution < -0.4 is 4.90 Å². The molecule has 2 saturated heterocycles. The third-order valence-electron chi connectivity index (χ3n) is 3.91. The zero-order valence-electron chi connectivity index (χ0n) is 9.58. The van der Waals surface area contributed by atoms with Crippen molar-refractivity contribution >= 4 is 17.5 Å². The van der Waals surface area contributed by atoms with Crippen LogP contribution in [-0.4, -0.2) is 17.9 Å². The summed E-state index contributed by atoms with van der Waals surface area (Å²) in [6, 6.07) is 9.09. The molecule has 2 fully saturated rings. The molecule has 2 bridgehead atoms. The van der Waals surface area contributed by atoms with E-state index in [1.165, 1.54) is 4.90 Å². The van der Waals surface area contributed by atoms with Crippen molar-refractivity contribution in [3.63, 3.8) is 0 Å². The molecule has 90 valence electrons. The van der Waals surface area contributed by atoms with Gasteiger partial charge in [0.2, 0.25) is 11.8 Å². The van der Waals surface area contributed by atoms with Gasteiger partial charge in [-0.05, 0) is 18.2 Å². The first-order valence-electron chi connectivity index (χ1n) is 6.07. The van der Waals surface area contributed by atoms with Crippen LogP contribution in [0.1, 0.15) is 6.42 Å². The number of amides is 2. The molecule has 1 aromatic carbocycles. The number of hydrogen-bond donors (Lipinski definition) is 0. The first-order valence-corrected chi connectivity index (χ1v) is 6.07. The second-order valence-corrected chi connectivity index (χ2v) is 4.85. The third kappa shape index (κ3) is 1.05. The maximum absolute atomic E-state index is 12.4. The molecule has 1 aromatic rings. The molecule has 0 radical (unpaired) electrons. The molecule has 3 unspecified atom stereocenters. The van der Waals surface area contributed by atoms with E-state index >= 15 is 0 Å². The Morgan fingerprint density at radius 2 is 1.89 bits per heavy atom. The van der Waals surface area contributed by atoms with Gasteiger partial charge in [0.15, 0.2) is 0 Å². The van der Waals surface area contributed by atoms with Gasteiger partial charge < -0.3 is 4.74 Å². The van der Waals surface area contributed by atoms with E-state index in [0.717, 1.165) is 6.42 Å². The Morgan fingerprint density at radius 3 is 2.61 bits per heavy atom. The Balaban J connectivity index is 1.79. The quantitative estimate of drug-likeness (QED) is 0.700. The fourth-order valence-electron chi connectivity index (χ4n) is 3.12. The third-order valence-corrected chi connectivity index (χ3v) is 3.91. The SMILES string of the molecule is O=C1C2C3=CCC(O3)C2C(=O)N1c1ccccc1. The normalized spacial score (nSPS) is 32.6. The van der Waals surface area contributed by atoms with E-state index in [9.17, 15) is 9.59 Å². The average Bonchev–Trinajstić information content (AvgIpc) is 3.05. The molecule has 3 aliphatic rings. The number of benzene rings is 1. The molecule has 2 amide bonds. The van der Waals surface area contributed by atoms with Crippen LogP contribution in [0.5, 0.6) is 0 Å². The molecular weight excluding hydrogens is 230 g/mol. The summed E-state index contributed by atoms with van der Waals surface area (Å²) in [5, 5.41) is 0. The fourth-order valence-corrected chi connectivity index (χ4v) is 3.12. The lowest BCUT2D eigenvalue weighted by molar-refractivity contribution is -0.123. The molecule has 0 spiro atoms. The van der Waals surface area contributed by atoms with Crippen LogP contribution in [-0.2, 0) is 14.3 Å². The summed E-state index contributed by atoms with van der Waals surface area (Å²) in [6.45, 7) is 0. The van der Waals surface area contributed by atoms with Crippen LogP contribution in [0.4, 0.5) is 5.69 Å². The molecule has 3 atom stereocenters. The zero-order valence-corrected chi connectivity index (χ0v) is 9.58. The first kappa shape index (κ1) is 9.88. The number of rotatable bonds is 1. The topological polar surface area (TPSA) is 46.6 Å². The number of para-hydroxylation sites is 1. The van der Waals surface area contributed by atoms with Crippen molar-refractivity contribution in [2.75, 3.05) is 4.90 Å². The monoisotopic (exact) mass is 241 g/mol. The lowest BCUT2D eigenvalue weighted by Crippen LogP contribution is -2.33. The number of fused-ring (bicyclic) bond motifs is 5. The highest BCUT2D eigenvalue weighted by atomic mass is 16.5. The molecule has 0 N–H and O–H groups in total. The molecule has 18 heavy (non-hydrogen) atoms. The maximum atomic E-state index is 12.4. The van der Waals surface area contributed by atoms with Crippen LogP contribution >= 0.6 is 0 Å². The van der Waals surface area contributed by atoms with Gasteiger partial charge in [-0.25, -0.2) is 4.90 Å². The Morgan fingerprint density at radius 1 is 1.11 bits per heavy atom. The van der Waals surface area contributed by atoms with Crippen molar-refractivity contribution in [3.05, 3.63) is 42.2 Å². The lowest BCUT2D eigenvalue weighted by Gasteiger charge is -2.17. The summed E-state index contributed by atoms with van der Waals surface area (Å²) < 4.78 is 5.56. The largest absolute Gasteiger partial charge is 0.493 e. The van der Waals surface area contributed by atoms with Gasteiger partial charge in [-0.15, -0.1) is 0 Å². The summed E-state index contributed by atoms with van der Waals surface area (Å²) in [5.74, 6) is -0.259. The van der Waals surface area contributed by atoms with Crippen molar-refractivity contribution in [1.82, 2.24) is 0 Å². The molecule has 3 aliphatic heterocycles. The number of ether oxygens (including phenoxy) is 1. The van der Waals surface area contributed by atoms with E-state index in [1.807, 2.05) is 24.3 Å². The van der Waals surface area contributed by atoms with Crippen LogP contribution in [0.25, 0.3) is 0 Å². The van der Waals surface area contributed by atoms with Crippen molar-refractivity contribution in [2.24, 2.45) is 11.8 Å². The molecule has 4 nitrogen and oxygen atoms in total. The summed E-state index contributed by atoms with van der Waals surface area (Å²) in [6.07, 6.45) is 2.55. The standard InChI is InChI=1S/C14H11NO3/c16-13-11-9-6-7-10(18-9)12(11)14(17)15(13)8-4-2-1-3-5-8/h1-6,10-12H,7H2. The molecular formula is C14H11NO3. The van der Waals surface area contributed by atoms with E-state index in [2.05, 4.69) is 0 Å². The fraction of sp³-hybridized carbons (Fsp3) is 0.286. The molecule has 0 saturated carbocycles. The smallest absolute Gasteiger partial charge is 0.245 e. The highest BCUT2D eigenvalue weighted by Crippen LogP contribution is 2.48. The second kappa shape index (κ2) is 3.22. The number of carbonyl (C=O) groups excluding carboxylic acids is 2. The molecule has 4 rings (SSSR count). The number of anilines is 1. The zero-order chi connectivity index (χ0) is 12.3. The maximum Gasteiger partial charge on any atom is 0.245 e. The van der Waals surface area contributed by atoms with Crippen LogP contribution in [0.15, 0.2) is 42.2 Å². The van der Waals surface area contributed by atoms with E-state index < -0.39 is 0 Å². The van der Waals surface area contributed by atoms with Crippen molar-refractivity contribution in [2.45, 2.75) is 12.5 Å². The number of imide groups is 1. The Bertz CT molecular complexity index is 578. The average molecular weight is 241 g/mol. The predicted octanol–water partition coefficient (Wildman–Crippen LogP) is 1.48. The Hall–Kier alpha value is -2.10. The van der Waals surface area contributed by atoms with Crippen molar-refractivity contribution < 1.29 is 14.3 Å². The predicted molar refractivity (Wildman–Crippen MR) is 63.5 cm³/mol. The van der Waals surface area contributed by atoms with Gasteiger partial charge in [0.1, 0.15) is 17.8 Å². The van der Waals surface area contributed by atoms with E-state index in [-0.39, 0.29) is 29.8 Å². The summed E-state index contributed by atoms with van der Waals surface area (Å²) in [4.78, 5) is 26.1. The number of carbonyl (C=O) groups is 2. The molecule has 3 heterocycles. The number of hydrogen-bond acceptors (Lipinski definition) is 3. The van der Waals surface area contributed by atoms with Gasteiger partial charge in [-0.3, -0.25) is 9.59 Å². The van der Waals surface area contributed by atoms with Gasteiger partial charge in [-0.1, -0.05) is 18.2 Å². The highest BCUT2D eigenvalue weighted by Gasteiger charge is 2.60. The van der Waals surface area contributed by atoms with E-state index in [4.69, 9.17) is 4.74 Å². The van der Waals surface area contributed by atoms with E-state index in [1.54, 1.807) is 12.1 Å². The molecule has 0 aromatic heterocycles. The van der Waals surface area contributed by atoms with Crippen LogP contribution in [0.2, 0.25) is 0 Å². The Labute approximate surface area is 104 Å². The minimum atomic E-state index is -0.378. The second-order valence-electron chi connectivity index (χ2n) is 4.85. The Kier molecular flexibility index (Phi) is 1.77. The van der Waals surface area contributed by atoms with Gasteiger partial charge >= 0.3 is 0 Å². The van der Waals surface area contributed by atoms with Gasteiger partial charge in [-0.2, -0.15) is 0 Å². The van der Waals surface area contributed by atoms with Gasteiger partial charge in [0, 0.05) is 6.42 Å². The molecule has 0 aliphatic carbocycles. The lowest BCUT2D eigenvalue weighted by atomic mass is 9.86. The van der Waals surface area contributed by atoms with Crippen LogP contribution in [0.3, 0.4) is 0 Å². The van der Waals surface area contributed by atoms with Gasteiger partial charge in [0.25, 0.3) is 0 Å². The van der Waals surface area contributed by atoms with Crippen molar-refractivity contribution in [1.29, 1.82) is 0 Å². The summed E-state index contributed by atoms with van der Waals surface area (Å²) >= 11 is 0. The van der Waals surface area contributed by atoms with Crippen LogP contribution in [0, 0.1) is 11.8 Å². The number of nitrogens with zero attached hydrogens (tertiary/aromatic N) is 1. The highest BCUT2D eigenvalue weighted by molar-refractivity contribution is 6.23. The summed E-state index contributed by atoms with van der Waals surface area (Å²) in [7, 11) is 0. The van der Waals surface area contributed by atoms with E-state index in [0.29, 0.717) is 11.4 Å². The molecule has 4 heteroatoms. The minimum absolute atomic E-state index is 0.121. The minimum Gasteiger partial charge on any atom is -0.493 e. The first-order chi connectivity index (χ1) is 8.77.